The van der Waals surface area contributed by atoms with Gasteiger partial charge in [-0.2, -0.15) is 12.5 Å². The Morgan fingerprint density at radius 1 is 0.857 bits per heavy atom. The number of carboxylic acids is 1. The van der Waals surface area contributed by atoms with Crippen molar-refractivity contribution in [3.63, 3.8) is 0 Å². The minimum Gasteiger partial charge on any atom is -0.508 e. The van der Waals surface area contributed by atoms with E-state index in [4.69, 9.17) is 22.6 Å². The predicted molar refractivity (Wildman–Crippen MR) is 186 cm³/mol. The number of hydrogen-bond donors (Lipinski definition) is 7. The van der Waals surface area contributed by atoms with Crippen LogP contribution in [0.4, 0.5) is 4.79 Å². The number of ether oxygens (including phenoxy) is 1. The molecular weight excluding hydrogens is 660 g/mol. The summed E-state index contributed by atoms with van der Waals surface area (Å²) >= 11 is 1.000. The molecule has 1 heterocycles. The Morgan fingerprint density at radius 3 is 1.63 bits per heavy atom. The van der Waals surface area contributed by atoms with Crippen molar-refractivity contribution in [2.24, 2.45) is 5.73 Å². The molecule has 266 valence electrons. The number of benzene rings is 3. The number of rotatable bonds is 5. The van der Waals surface area contributed by atoms with Gasteiger partial charge in [0, 0.05) is 38.1 Å². The van der Waals surface area contributed by atoms with E-state index in [0.29, 0.717) is 10.6 Å². The maximum Gasteiger partial charge on any atom is 0.539 e. The summed E-state index contributed by atoms with van der Waals surface area (Å²) < 4.78 is 16.7. The molecule has 16 heteroatoms. The highest BCUT2D eigenvalue weighted by Gasteiger charge is 2.33. The minimum absolute atomic E-state index is 0. The van der Waals surface area contributed by atoms with Crippen LogP contribution in [0, 0.1) is 12.8 Å². The number of phenols is 2. The average molecular weight is 705 g/mol. The summed E-state index contributed by atoms with van der Waals surface area (Å²) in [4.78, 5) is 71.2. The van der Waals surface area contributed by atoms with Crippen molar-refractivity contribution in [2.45, 2.75) is 20.3 Å². The van der Waals surface area contributed by atoms with Gasteiger partial charge in [0.25, 0.3) is 23.6 Å². The monoisotopic (exact) mass is 704 g/mol. The number of terminal acetylenes is 1. The number of amides is 4. The van der Waals surface area contributed by atoms with Crippen LogP contribution in [0.2, 0.25) is 0 Å². The zero-order valence-electron chi connectivity index (χ0n) is 28.5. The molecule has 1 aliphatic heterocycles. The number of nitrogens with one attached hydrogen (secondary N) is 2. The number of phenolic OH excluding ortho intramolecular Hbond substituents is 2. The second kappa shape index (κ2) is 27.1. The Balaban J connectivity index is -0.000000651. The second-order valence-corrected chi connectivity index (χ2v) is 8.12. The number of carbonyl (C=O) groups excluding carboxylic acids is 5. The number of aromatic carboxylic acids is 1. The van der Waals surface area contributed by atoms with Crippen LogP contribution in [0.5, 0.6) is 17.2 Å². The van der Waals surface area contributed by atoms with Crippen LogP contribution in [-0.4, -0.2) is 84.7 Å². The van der Waals surface area contributed by atoms with Crippen molar-refractivity contribution in [3.8, 4) is 30.1 Å². The zero-order valence-corrected chi connectivity index (χ0v) is 27.3. The highest BCUT2D eigenvalue weighted by molar-refractivity contribution is 7.79. The lowest BCUT2D eigenvalue weighted by molar-refractivity contribution is -0.174. The van der Waals surface area contributed by atoms with E-state index >= 15 is 0 Å². The first-order chi connectivity index (χ1) is 23.8. The summed E-state index contributed by atoms with van der Waals surface area (Å²) in [5.41, 5.74) is 5.35. The Labute approximate surface area is 292 Å². The van der Waals surface area contributed by atoms with Crippen molar-refractivity contribution in [3.05, 3.63) is 89.5 Å². The molecule has 0 radical (unpaired) electrons. The van der Waals surface area contributed by atoms with Crippen LogP contribution in [0.15, 0.2) is 72.8 Å². The van der Waals surface area contributed by atoms with E-state index in [2.05, 4.69) is 27.6 Å². The molecule has 0 unspecified atom stereocenters. The molecule has 3 aromatic rings. The fraction of sp³-hybridized carbons (Fsp3) is 0.212. The number of aromatic hydroxyl groups is 2. The first-order valence-corrected chi connectivity index (χ1v) is 14.1. The number of nitrogens with zero attached hydrogens (tertiary/aromatic N) is 1. The molecule has 1 aliphatic rings. The van der Waals surface area contributed by atoms with E-state index in [1.807, 2.05) is 0 Å². The van der Waals surface area contributed by atoms with Gasteiger partial charge in [-0.05, 0) is 67.9 Å². The minimum atomic E-state index is -1.23. The number of imide groups is 1. The molecule has 4 rings (SSSR count). The van der Waals surface area contributed by atoms with Gasteiger partial charge in [0.05, 0.1) is 5.56 Å². The second-order valence-electron chi connectivity index (χ2n) is 8.12. The quantitative estimate of drug-likeness (QED) is 0.0665. The van der Waals surface area contributed by atoms with Gasteiger partial charge >= 0.3 is 12.1 Å². The van der Waals surface area contributed by atoms with Gasteiger partial charge in [-0.3, -0.25) is 24.0 Å². The molecular formula is C33H42N4O11S. The van der Waals surface area contributed by atoms with Gasteiger partial charge in [0.1, 0.15) is 19.7 Å². The Kier molecular flexibility index (Phi) is 23.8. The van der Waals surface area contributed by atoms with Crippen LogP contribution in [0.3, 0.4) is 0 Å². The summed E-state index contributed by atoms with van der Waals surface area (Å²) in [7, 11) is 4.51. The third kappa shape index (κ3) is 18.0. The molecule has 0 bridgehead atoms. The lowest BCUT2D eigenvalue weighted by Gasteiger charge is -2.12. The highest BCUT2D eigenvalue weighted by atomic mass is 32.1. The first kappa shape index (κ1) is 43.0. The maximum absolute atomic E-state index is 11.5. The number of thiol groups is 1. The molecule has 3 aromatic carbocycles. The molecule has 1 saturated heterocycles. The Bertz CT molecular complexity index is 1590. The lowest BCUT2D eigenvalue weighted by atomic mass is 10.2. The summed E-state index contributed by atoms with van der Waals surface area (Å²) in [6.07, 6.45) is 6.24. The van der Waals surface area contributed by atoms with Crippen LogP contribution in [0.25, 0.3) is 0 Å². The van der Waals surface area contributed by atoms with E-state index in [0.717, 1.165) is 12.5 Å². The third-order valence-electron chi connectivity index (χ3n) is 5.12. The first-order valence-electron chi connectivity index (χ1n) is 14.2. The molecule has 0 saturated carbocycles. The van der Waals surface area contributed by atoms with Gasteiger partial charge in [-0.15, -0.1) is 12.8 Å². The third-order valence-corrected chi connectivity index (χ3v) is 5.12. The Hall–Kier alpha value is -6.05. The molecule has 49 heavy (non-hydrogen) atoms. The smallest absolute Gasteiger partial charge is 0.508 e. The normalized spacial score (nSPS) is 10.7. The van der Waals surface area contributed by atoms with Crippen molar-refractivity contribution < 1.29 is 55.0 Å². The number of hydrogen-bond acceptors (Lipinski definition) is 12. The van der Waals surface area contributed by atoms with Gasteiger partial charge < -0.3 is 36.4 Å². The molecule has 0 aromatic heterocycles. The average Bonchev–Trinajstić information content (AvgIpc) is 3.42. The molecule has 7 N–H and O–H groups in total. The van der Waals surface area contributed by atoms with Gasteiger partial charge in [-0.1, -0.05) is 30.7 Å². The summed E-state index contributed by atoms with van der Waals surface area (Å²) in [6.45, 7) is 0. The van der Waals surface area contributed by atoms with Crippen LogP contribution >= 0.6 is 12.5 Å². The summed E-state index contributed by atoms with van der Waals surface area (Å²) in [5.74, 6) is -2.64. The Morgan fingerprint density at radius 2 is 1.24 bits per heavy atom. The summed E-state index contributed by atoms with van der Waals surface area (Å²) in [5, 5.41) is 31.4. The molecule has 4 amide bonds. The number of nitrogens with two attached hydrogens (primary N) is 1. The van der Waals surface area contributed by atoms with Gasteiger partial charge in [-0.25, -0.2) is 9.59 Å². The van der Waals surface area contributed by atoms with Crippen molar-refractivity contribution in [1.29, 1.82) is 1.12 Å². The van der Waals surface area contributed by atoms with E-state index in [-0.39, 0.29) is 60.5 Å². The van der Waals surface area contributed by atoms with E-state index in [1.54, 1.807) is 25.4 Å². The molecule has 15 nitrogen and oxygen atoms in total. The molecule has 0 aliphatic carbocycles. The van der Waals surface area contributed by atoms with Crippen LogP contribution < -0.4 is 21.1 Å². The zero-order chi connectivity index (χ0) is 38.6. The van der Waals surface area contributed by atoms with Crippen LogP contribution in [0.1, 0.15) is 52.7 Å². The van der Waals surface area contributed by atoms with Crippen LogP contribution in [-0.2, 0) is 14.4 Å². The predicted octanol–water partition coefficient (Wildman–Crippen LogP) is 3.47. The highest BCUT2D eigenvalue weighted by Crippen LogP contribution is 2.17. The van der Waals surface area contributed by atoms with E-state index < -0.39 is 23.9 Å². The fourth-order valence-electron chi connectivity index (χ4n) is 3.12. The lowest BCUT2D eigenvalue weighted by Crippen LogP contribution is -2.33. The van der Waals surface area contributed by atoms with Crippen molar-refractivity contribution in [2.75, 3.05) is 27.4 Å². The van der Waals surface area contributed by atoms with E-state index in [1.165, 1.54) is 81.2 Å². The maximum atomic E-state index is 11.5. The fourth-order valence-corrected chi connectivity index (χ4v) is 3.12. The molecule has 0 atom stereocenters. The SMILES string of the molecule is C.CN.CNC(=O)c1cccc(O)c1.CNC(=O)c1cccc(OC(=O)ON2C(=O)CCC2=O)c1.O=C(O)c1cccc(O)c1.[2H]C#C.[2H]SC. The van der Waals surface area contributed by atoms with Gasteiger partial charge in [0.15, 0.2) is 0 Å². The topological polar surface area (TPSA) is 235 Å². The largest absolute Gasteiger partial charge is 0.539 e. The van der Waals surface area contributed by atoms with Crippen molar-refractivity contribution in [1.82, 2.24) is 15.7 Å². The number of carbonyl (C=O) groups is 6. The molecule has 1 fully saturated rings. The van der Waals surface area contributed by atoms with Crippen molar-refractivity contribution >= 4 is 48.3 Å². The molecule has 0 spiro atoms. The summed E-state index contributed by atoms with van der Waals surface area (Å²) in [6, 6.07) is 17.5. The van der Waals surface area contributed by atoms with E-state index in [9.17, 15) is 28.8 Å². The number of hydroxylamine groups is 2. The standard InChI is InChI=1S/C13H12N2O6.C8H9NO2.C7H6O3.C2H2.CH5N.CH4S.CH4/c1-14-12(18)8-3-2-4-9(7-8)20-13(19)21-15-10(16)5-6-11(15)17;1-9-8(11)6-3-2-4-7(10)5-6;8-6-3-1-2-5(4-6)7(9)10;3*1-2;/h2-4,7H,5-6H2,1H3,(H,14,18);2-5,10H,1H3,(H,9,11);1-4,8H,(H,9,10);1-2H;2H2,1H3;2H,1H3;1H4/i;;;1D;;;/hD. The number of carboxylic acid groups (broad SMARTS) is 1. The van der Waals surface area contributed by atoms with Gasteiger partial charge in [0.2, 0.25) is 0 Å².